The van der Waals surface area contributed by atoms with Gasteiger partial charge in [0, 0.05) is 0 Å². The maximum atomic E-state index is 11.3. The van der Waals surface area contributed by atoms with Crippen molar-refractivity contribution in [1.82, 2.24) is 0 Å². The molecule has 0 fully saturated rings. The molecule has 1 unspecified atom stereocenters. The van der Waals surface area contributed by atoms with Gasteiger partial charge in [-0.3, -0.25) is 0 Å². The highest BCUT2D eigenvalue weighted by atomic mass is 16.6. The van der Waals surface area contributed by atoms with Gasteiger partial charge >= 0.3 is 5.97 Å². The number of carbonyl (C=O) groups is 1. The van der Waals surface area contributed by atoms with Crippen molar-refractivity contribution >= 4 is 12.0 Å². The van der Waals surface area contributed by atoms with Gasteiger partial charge in [0.25, 0.3) is 0 Å². The van der Waals surface area contributed by atoms with Crippen molar-refractivity contribution in [2.75, 3.05) is 14.2 Å². The smallest absolute Gasteiger partial charge is 0.346 e. The molecule has 0 bridgehead atoms. The lowest BCUT2D eigenvalue weighted by Gasteiger charge is -2.15. The average Bonchev–Trinajstić information content (AvgIpc) is 2.39. The maximum Gasteiger partial charge on any atom is 0.346 e. The van der Waals surface area contributed by atoms with Crippen LogP contribution in [0.5, 0.6) is 11.5 Å². The Morgan fingerprint density at radius 3 is 2.56 bits per heavy atom. The van der Waals surface area contributed by atoms with Crippen LogP contribution >= 0.6 is 0 Å². The normalized spacial score (nSPS) is 12.2. The Hall–Kier alpha value is -1.97. The van der Waals surface area contributed by atoms with Crippen LogP contribution in [0.25, 0.3) is 6.08 Å². The van der Waals surface area contributed by atoms with E-state index in [0.717, 1.165) is 5.56 Å². The Bertz CT molecular complexity index is 437. The molecule has 0 amide bonds. The van der Waals surface area contributed by atoms with Gasteiger partial charge in [0.2, 0.25) is 0 Å². The lowest BCUT2D eigenvalue weighted by atomic mass is 10.2. The minimum atomic E-state index is -0.670. The standard InChI is InChI=1S/C14H18O4/c1-5-6-11-7-8-12(13(9-11)16-3)18-10(2)14(15)17-4/h5-10H,1-4H3. The van der Waals surface area contributed by atoms with E-state index in [2.05, 4.69) is 4.74 Å². The summed E-state index contributed by atoms with van der Waals surface area (Å²) in [6.07, 6.45) is 3.22. The Balaban J connectivity index is 2.92. The number of ether oxygens (including phenoxy) is 3. The van der Waals surface area contributed by atoms with E-state index in [4.69, 9.17) is 9.47 Å². The van der Waals surface area contributed by atoms with Gasteiger partial charge in [-0.2, -0.15) is 0 Å². The van der Waals surface area contributed by atoms with E-state index < -0.39 is 12.1 Å². The zero-order chi connectivity index (χ0) is 13.5. The minimum Gasteiger partial charge on any atom is -0.493 e. The number of carbonyl (C=O) groups excluding carboxylic acids is 1. The van der Waals surface area contributed by atoms with Crippen LogP contribution < -0.4 is 9.47 Å². The van der Waals surface area contributed by atoms with Crippen molar-refractivity contribution in [3.05, 3.63) is 29.8 Å². The molecule has 0 aliphatic carbocycles. The molecule has 0 saturated carbocycles. The number of methoxy groups -OCH3 is 2. The van der Waals surface area contributed by atoms with Crippen molar-refractivity contribution in [3.63, 3.8) is 0 Å². The zero-order valence-electron chi connectivity index (χ0n) is 11.1. The molecule has 4 nitrogen and oxygen atoms in total. The highest BCUT2D eigenvalue weighted by Gasteiger charge is 2.17. The van der Waals surface area contributed by atoms with Crippen LogP contribution in [0.15, 0.2) is 24.3 Å². The summed E-state index contributed by atoms with van der Waals surface area (Å²) >= 11 is 0. The second-order valence-electron chi connectivity index (χ2n) is 3.69. The van der Waals surface area contributed by atoms with Crippen molar-refractivity contribution in [2.45, 2.75) is 20.0 Å². The Morgan fingerprint density at radius 2 is 2.00 bits per heavy atom. The summed E-state index contributed by atoms with van der Waals surface area (Å²) in [6.45, 7) is 3.57. The highest BCUT2D eigenvalue weighted by Crippen LogP contribution is 2.29. The first-order valence-corrected chi connectivity index (χ1v) is 5.67. The van der Waals surface area contributed by atoms with Gasteiger partial charge < -0.3 is 14.2 Å². The lowest BCUT2D eigenvalue weighted by molar-refractivity contribution is -0.147. The van der Waals surface area contributed by atoms with E-state index in [1.54, 1.807) is 20.1 Å². The van der Waals surface area contributed by atoms with E-state index in [9.17, 15) is 4.79 Å². The molecule has 1 aromatic rings. The van der Waals surface area contributed by atoms with Crippen molar-refractivity contribution < 1.29 is 19.0 Å². The Kier molecular flexibility index (Phi) is 5.24. The van der Waals surface area contributed by atoms with Gasteiger partial charge in [-0.1, -0.05) is 18.2 Å². The largest absolute Gasteiger partial charge is 0.493 e. The fourth-order valence-corrected chi connectivity index (χ4v) is 1.48. The van der Waals surface area contributed by atoms with Gasteiger partial charge in [-0.05, 0) is 31.5 Å². The fraction of sp³-hybridized carbons (Fsp3) is 0.357. The van der Waals surface area contributed by atoms with E-state index in [1.165, 1.54) is 7.11 Å². The van der Waals surface area contributed by atoms with Gasteiger partial charge in [-0.15, -0.1) is 0 Å². The first kappa shape index (κ1) is 14.1. The zero-order valence-corrected chi connectivity index (χ0v) is 11.1. The van der Waals surface area contributed by atoms with Crippen LogP contribution in [0.3, 0.4) is 0 Å². The molecule has 1 rings (SSSR count). The summed E-state index contributed by atoms with van der Waals surface area (Å²) in [5, 5.41) is 0. The number of allylic oxidation sites excluding steroid dienone is 1. The summed E-state index contributed by atoms with van der Waals surface area (Å²) < 4.78 is 15.3. The van der Waals surface area contributed by atoms with Crippen LogP contribution in [0.1, 0.15) is 19.4 Å². The number of esters is 1. The molecule has 0 saturated heterocycles. The van der Waals surface area contributed by atoms with Crippen LogP contribution in [-0.4, -0.2) is 26.3 Å². The molecule has 0 radical (unpaired) electrons. The molecule has 98 valence electrons. The highest BCUT2D eigenvalue weighted by molar-refractivity contribution is 5.74. The summed E-state index contributed by atoms with van der Waals surface area (Å²) in [5.41, 5.74) is 1.01. The van der Waals surface area contributed by atoms with Crippen LogP contribution in [0.2, 0.25) is 0 Å². The SMILES string of the molecule is CC=Cc1ccc(OC(C)C(=O)OC)c(OC)c1. The molecule has 1 atom stereocenters. The van der Waals surface area contributed by atoms with E-state index in [-0.39, 0.29) is 0 Å². The molecule has 18 heavy (non-hydrogen) atoms. The summed E-state index contributed by atoms with van der Waals surface area (Å²) in [6, 6.07) is 5.51. The van der Waals surface area contributed by atoms with Crippen molar-refractivity contribution in [1.29, 1.82) is 0 Å². The van der Waals surface area contributed by atoms with E-state index >= 15 is 0 Å². The van der Waals surface area contributed by atoms with E-state index in [0.29, 0.717) is 11.5 Å². The third-order valence-corrected chi connectivity index (χ3v) is 2.38. The third-order valence-electron chi connectivity index (χ3n) is 2.38. The molecule has 0 heterocycles. The Morgan fingerprint density at radius 1 is 1.28 bits per heavy atom. The molecule has 1 aromatic carbocycles. The monoisotopic (exact) mass is 250 g/mol. The van der Waals surface area contributed by atoms with Gasteiger partial charge in [-0.25, -0.2) is 4.79 Å². The molecule has 0 spiro atoms. The molecule has 0 aliphatic heterocycles. The number of benzene rings is 1. The predicted molar refractivity (Wildman–Crippen MR) is 69.8 cm³/mol. The second-order valence-corrected chi connectivity index (χ2v) is 3.69. The topological polar surface area (TPSA) is 44.8 Å². The maximum absolute atomic E-state index is 11.3. The summed E-state index contributed by atoms with van der Waals surface area (Å²) in [7, 11) is 2.89. The van der Waals surface area contributed by atoms with Crippen molar-refractivity contribution in [3.8, 4) is 11.5 Å². The summed E-state index contributed by atoms with van der Waals surface area (Å²) in [5.74, 6) is 0.680. The molecule has 0 aliphatic rings. The van der Waals surface area contributed by atoms with Crippen LogP contribution in [0, 0.1) is 0 Å². The minimum absolute atomic E-state index is 0.422. The number of hydrogen-bond donors (Lipinski definition) is 0. The number of rotatable bonds is 5. The van der Waals surface area contributed by atoms with Gasteiger partial charge in [0.15, 0.2) is 17.6 Å². The number of hydrogen-bond acceptors (Lipinski definition) is 4. The molecular formula is C14H18O4. The third kappa shape index (κ3) is 3.52. The molecular weight excluding hydrogens is 232 g/mol. The van der Waals surface area contributed by atoms with Crippen LogP contribution in [-0.2, 0) is 9.53 Å². The summed E-state index contributed by atoms with van der Waals surface area (Å²) in [4.78, 5) is 11.3. The average molecular weight is 250 g/mol. The van der Waals surface area contributed by atoms with Crippen LogP contribution in [0.4, 0.5) is 0 Å². The lowest BCUT2D eigenvalue weighted by Crippen LogP contribution is -2.25. The van der Waals surface area contributed by atoms with Crippen molar-refractivity contribution in [2.24, 2.45) is 0 Å². The van der Waals surface area contributed by atoms with Gasteiger partial charge in [0.05, 0.1) is 14.2 Å². The first-order valence-electron chi connectivity index (χ1n) is 5.67. The molecule has 0 N–H and O–H groups in total. The quantitative estimate of drug-likeness (QED) is 0.754. The fourth-order valence-electron chi connectivity index (χ4n) is 1.48. The molecule has 0 aromatic heterocycles. The van der Waals surface area contributed by atoms with Gasteiger partial charge in [0.1, 0.15) is 0 Å². The second kappa shape index (κ2) is 6.69. The van der Waals surface area contributed by atoms with E-state index in [1.807, 2.05) is 31.2 Å². The molecule has 4 heteroatoms. The first-order chi connectivity index (χ1) is 8.62. The Labute approximate surface area is 107 Å². The predicted octanol–water partition coefficient (Wildman–Crippen LogP) is 2.67.